The van der Waals surface area contributed by atoms with Gasteiger partial charge >= 0.3 is 0 Å². The molecule has 0 aromatic heterocycles. The van der Waals surface area contributed by atoms with Crippen molar-refractivity contribution >= 4 is 21.4 Å². The zero-order valence-electron chi connectivity index (χ0n) is 13.6. The molecule has 7 heteroatoms. The van der Waals surface area contributed by atoms with E-state index in [-0.39, 0.29) is 0 Å². The maximum Gasteiger partial charge on any atom is 0.243 e. The number of rotatable bonds is 4. The maximum atomic E-state index is 12.7. The van der Waals surface area contributed by atoms with Crippen LogP contribution in [-0.4, -0.2) is 46.0 Å². The second kappa shape index (κ2) is 6.70. The summed E-state index contributed by atoms with van der Waals surface area (Å²) < 4.78 is 32.1. The zero-order valence-corrected chi connectivity index (χ0v) is 14.4. The van der Waals surface area contributed by atoms with Crippen molar-refractivity contribution in [3.05, 3.63) is 48.5 Å². The monoisotopic (exact) mass is 347 g/mol. The van der Waals surface area contributed by atoms with Gasteiger partial charge in [0.05, 0.1) is 12.0 Å². The molecule has 1 heterocycles. The van der Waals surface area contributed by atoms with Crippen molar-refractivity contribution in [2.45, 2.75) is 4.90 Å². The van der Waals surface area contributed by atoms with E-state index < -0.39 is 10.0 Å². The van der Waals surface area contributed by atoms with Gasteiger partial charge in [0, 0.05) is 37.6 Å². The molecule has 0 radical (unpaired) electrons. The number of piperazine rings is 1. The minimum atomic E-state index is -3.47. The van der Waals surface area contributed by atoms with Crippen LogP contribution in [0, 0.1) is 0 Å². The standard InChI is InChI=1S/C17H21N3O3S/c1-23-16-6-8-17(9-7-16)24(21,22)20-12-10-19(11-13-20)15-4-2-14(18)3-5-15/h2-9H,10-13,18H2,1H3. The lowest BCUT2D eigenvalue weighted by atomic mass is 10.2. The molecule has 3 rings (SSSR count). The third-order valence-electron chi connectivity index (χ3n) is 4.19. The third-order valence-corrected chi connectivity index (χ3v) is 6.11. The van der Waals surface area contributed by atoms with E-state index >= 15 is 0 Å². The predicted molar refractivity (Wildman–Crippen MR) is 94.8 cm³/mol. The van der Waals surface area contributed by atoms with Crippen LogP contribution >= 0.6 is 0 Å². The summed E-state index contributed by atoms with van der Waals surface area (Å²) in [6.07, 6.45) is 0. The number of nitrogens with two attached hydrogens (primary N) is 1. The number of nitrogen functional groups attached to an aromatic ring is 1. The van der Waals surface area contributed by atoms with Crippen LogP contribution in [0.2, 0.25) is 0 Å². The van der Waals surface area contributed by atoms with Crippen LogP contribution in [0.1, 0.15) is 0 Å². The summed E-state index contributed by atoms with van der Waals surface area (Å²) in [5, 5.41) is 0. The van der Waals surface area contributed by atoms with Gasteiger partial charge in [-0.25, -0.2) is 8.42 Å². The molecule has 1 aliphatic rings. The molecular weight excluding hydrogens is 326 g/mol. The van der Waals surface area contributed by atoms with Crippen LogP contribution in [-0.2, 0) is 10.0 Å². The fourth-order valence-electron chi connectivity index (χ4n) is 2.77. The lowest BCUT2D eigenvalue weighted by molar-refractivity contribution is 0.384. The normalized spacial score (nSPS) is 16.1. The molecule has 0 saturated carbocycles. The van der Waals surface area contributed by atoms with Crippen LogP contribution in [0.4, 0.5) is 11.4 Å². The summed E-state index contributed by atoms with van der Waals surface area (Å²) >= 11 is 0. The number of benzene rings is 2. The van der Waals surface area contributed by atoms with Gasteiger partial charge < -0.3 is 15.4 Å². The second-order valence-corrected chi connectivity index (χ2v) is 7.60. The summed E-state index contributed by atoms with van der Waals surface area (Å²) in [7, 11) is -1.91. The predicted octanol–water partition coefficient (Wildman–Crippen LogP) is 1.79. The average Bonchev–Trinajstić information content (AvgIpc) is 2.62. The fourth-order valence-corrected chi connectivity index (χ4v) is 4.19. The Morgan fingerprint density at radius 3 is 2.04 bits per heavy atom. The molecule has 0 bridgehead atoms. The highest BCUT2D eigenvalue weighted by Gasteiger charge is 2.28. The fraction of sp³-hybridized carbons (Fsp3) is 0.294. The van der Waals surface area contributed by atoms with Crippen molar-refractivity contribution in [3.63, 3.8) is 0 Å². The van der Waals surface area contributed by atoms with Gasteiger partial charge in [0.15, 0.2) is 0 Å². The topological polar surface area (TPSA) is 75.9 Å². The van der Waals surface area contributed by atoms with E-state index in [4.69, 9.17) is 10.5 Å². The van der Waals surface area contributed by atoms with Crippen molar-refractivity contribution in [2.75, 3.05) is 43.9 Å². The van der Waals surface area contributed by atoms with E-state index in [0.29, 0.717) is 36.8 Å². The molecule has 2 N–H and O–H groups in total. The van der Waals surface area contributed by atoms with Crippen molar-refractivity contribution in [2.24, 2.45) is 0 Å². The van der Waals surface area contributed by atoms with Crippen LogP contribution in [0.3, 0.4) is 0 Å². The number of nitrogens with zero attached hydrogens (tertiary/aromatic N) is 2. The minimum absolute atomic E-state index is 0.296. The number of hydrogen-bond acceptors (Lipinski definition) is 5. The summed E-state index contributed by atoms with van der Waals surface area (Å²) in [6.45, 7) is 2.22. The summed E-state index contributed by atoms with van der Waals surface area (Å²) in [4.78, 5) is 2.46. The van der Waals surface area contributed by atoms with Crippen molar-refractivity contribution in [3.8, 4) is 5.75 Å². The summed E-state index contributed by atoms with van der Waals surface area (Å²) in [5.74, 6) is 0.641. The first-order valence-electron chi connectivity index (χ1n) is 7.75. The molecular formula is C17H21N3O3S. The third kappa shape index (κ3) is 3.32. The molecule has 24 heavy (non-hydrogen) atoms. The first kappa shape index (κ1) is 16.6. The van der Waals surface area contributed by atoms with Crippen LogP contribution in [0.5, 0.6) is 5.75 Å². The Bertz CT molecular complexity index is 781. The van der Waals surface area contributed by atoms with E-state index in [0.717, 1.165) is 11.4 Å². The highest BCUT2D eigenvalue weighted by Crippen LogP contribution is 2.23. The molecule has 2 aromatic carbocycles. The number of anilines is 2. The van der Waals surface area contributed by atoms with E-state index in [1.54, 1.807) is 31.4 Å². The van der Waals surface area contributed by atoms with Crippen LogP contribution < -0.4 is 15.4 Å². The number of sulfonamides is 1. The maximum absolute atomic E-state index is 12.7. The van der Waals surface area contributed by atoms with Gasteiger partial charge in [0.1, 0.15) is 5.75 Å². The molecule has 1 aliphatic heterocycles. The van der Waals surface area contributed by atoms with Gasteiger partial charge in [-0.3, -0.25) is 0 Å². The molecule has 128 valence electrons. The summed E-state index contributed by atoms with van der Waals surface area (Å²) in [5.41, 5.74) is 7.49. The van der Waals surface area contributed by atoms with Gasteiger partial charge in [-0.1, -0.05) is 0 Å². The van der Waals surface area contributed by atoms with Crippen molar-refractivity contribution < 1.29 is 13.2 Å². The first-order valence-corrected chi connectivity index (χ1v) is 9.19. The molecule has 0 atom stereocenters. The van der Waals surface area contributed by atoms with Gasteiger partial charge in [0.25, 0.3) is 0 Å². The quantitative estimate of drug-likeness (QED) is 0.854. The van der Waals surface area contributed by atoms with Gasteiger partial charge in [-0.05, 0) is 48.5 Å². The molecule has 0 unspecified atom stereocenters. The Balaban J connectivity index is 1.69. The minimum Gasteiger partial charge on any atom is -0.497 e. The Kier molecular flexibility index (Phi) is 4.64. The van der Waals surface area contributed by atoms with E-state index in [9.17, 15) is 8.42 Å². The zero-order chi connectivity index (χ0) is 17.2. The average molecular weight is 347 g/mol. The molecule has 0 amide bonds. The Morgan fingerprint density at radius 2 is 1.50 bits per heavy atom. The highest BCUT2D eigenvalue weighted by atomic mass is 32.2. The lowest BCUT2D eigenvalue weighted by Gasteiger charge is -2.35. The van der Waals surface area contributed by atoms with Gasteiger partial charge in [0.2, 0.25) is 10.0 Å². The van der Waals surface area contributed by atoms with E-state index in [1.165, 1.54) is 4.31 Å². The Morgan fingerprint density at radius 1 is 0.917 bits per heavy atom. The number of methoxy groups -OCH3 is 1. The molecule has 2 aromatic rings. The largest absolute Gasteiger partial charge is 0.497 e. The second-order valence-electron chi connectivity index (χ2n) is 5.66. The van der Waals surface area contributed by atoms with Crippen molar-refractivity contribution in [1.29, 1.82) is 0 Å². The van der Waals surface area contributed by atoms with Crippen molar-refractivity contribution in [1.82, 2.24) is 4.31 Å². The Labute approximate surface area is 142 Å². The summed E-state index contributed by atoms with van der Waals surface area (Å²) in [6, 6.07) is 14.1. The SMILES string of the molecule is COc1ccc(S(=O)(=O)N2CCN(c3ccc(N)cc3)CC2)cc1. The van der Waals surface area contributed by atoms with Gasteiger partial charge in [-0.15, -0.1) is 0 Å². The number of ether oxygens (including phenoxy) is 1. The van der Waals surface area contributed by atoms with E-state index in [1.807, 2.05) is 24.3 Å². The molecule has 6 nitrogen and oxygen atoms in total. The first-order chi connectivity index (χ1) is 11.5. The molecule has 1 fully saturated rings. The molecule has 0 spiro atoms. The molecule has 0 aliphatic carbocycles. The molecule has 1 saturated heterocycles. The smallest absolute Gasteiger partial charge is 0.243 e. The van der Waals surface area contributed by atoms with Crippen LogP contribution in [0.25, 0.3) is 0 Å². The van der Waals surface area contributed by atoms with Crippen LogP contribution in [0.15, 0.2) is 53.4 Å². The highest BCUT2D eigenvalue weighted by molar-refractivity contribution is 7.89. The van der Waals surface area contributed by atoms with E-state index in [2.05, 4.69) is 4.90 Å². The lowest BCUT2D eigenvalue weighted by Crippen LogP contribution is -2.48. The Hall–Kier alpha value is -2.25. The number of hydrogen-bond donors (Lipinski definition) is 1. The van der Waals surface area contributed by atoms with Gasteiger partial charge in [-0.2, -0.15) is 4.31 Å².